The Morgan fingerprint density at radius 1 is 1.28 bits per heavy atom. The summed E-state index contributed by atoms with van der Waals surface area (Å²) in [5, 5.41) is 5.94. The van der Waals surface area contributed by atoms with Gasteiger partial charge in [-0.15, -0.1) is 12.4 Å². The van der Waals surface area contributed by atoms with Crippen LogP contribution in [-0.4, -0.2) is 33.2 Å². The van der Waals surface area contributed by atoms with E-state index < -0.39 is 0 Å². The van der Waals surface area contributed by atoms with Crippen molar-refractivity contribution in [2.75, 3.05) is 27.2 Å². The molecule has 0 aliphatic heterocycles. The monoisotopic (exact) mass is 272 g/mol. The zero-order valence-corrected chi connectivity index (χ0v) is 11.7. The summed E-state index contributed by atoms with van der Waals surface area (Å²) in [6.45, 7) is 2.04. The molecule has 1 aromatic carbocycles. The highest BCUT2D eigenvalue weighted by Gasteiger charge is 2.09. The Morgan fingerprint density at radius 2 is 2.00 bits per heavy atom. The lowest BCUT2D eigenvalue weighted by Gasteiger charge is -2.09. The minimum atomic E-state index is -0.0336. The molecule has 0 aliphatic carbocycles. The molecule has 102 valence electrons. The third kappa shape index (κ3) is 5.49. The van der Waals surface area contributed by atoms with Crippen LogP contribution in [0.3, 0.4) is 0 Å². The first-order valence-corrected chi connectivity index (χ1v) is 5.79. The van der Waals surface area contributed by atoms with Crippen molar-refractivity contribution in [1.29, 1.82) is 0 Å². The lowest BCUT2D eigenvalue weighted by molar-refractivity contribution is 0.0948. The van der Waals surface area contributed by atoms with Gasteiger partial charge in [0.25, 0.3) is 5.91 Å². The largest absolute Gasteiger partial charge is 0.380 e. The van der Waals surface area contributed by atoms with Gasteiger partial charge in [-0.05, 0) is 31.6 Å². The summed E-state index contributed by atoms with van der Waals surface area (Å²) in [6, 6.07) is 7.50. The topological polar surface area (TPSA) is 50.4 Å². The Balaban J connectivity index is 0.00000289. The molecule has 0 fully saturated rings. The summed E-state index contributed by atoms with van der Waals surface area (Å²) in [5.74, 6) is -0.0336. The molecule has 1 amide bonds. The number of methoxy groups -OCH3 is 1. The Bertz CT molecular complexity index is 359. The van der Waals surface area contributed by atoms with Crippen molar-refractivity contribution >= 4 is 18.3 Å². The molecule has 0 saturated heterocycles. The number of carbonyl (C=O) groups excluding carboxylic acids is 1. The molecule has 2 N–H and O–H groups in total. The van der Waals surface area contributed by atoms with Crippen LogP contribution in [0.4, 0.5) is 0 Å². The summed E-state index contributed by atoms with van der Waals surface area (Å²) >= 11 is 0. The maximum Gasteiger partial charge on any atom is 0.251 e. The number of hydrogen-bond donors (Lipinski definition) is 2. The van der Waals surface area contributed by atoms with Crippen LogP contribution in [0.25, 0.3) is 0 Å². The van der Waals surface area contributed by atoms with Gasteiger partial charge >= 0.3 is 0 Å². The van der Waals surface area contributed by atoms with Crippen LogP contribution in [-0.2, 0) is 11.3 Å². The maximum absolute atomic E-state index is 11.9. The fourth-order valence-corrected chi connectivity index (χ4v) is 1.59. The smallest absolute Gasteiger partial charge is 0.251 e. The Kier molecular flexibility index (Phi) is 9.28. The number of amides is 1. The van der Waals surface area contributed by atoms with E-state index in [-0.39, 0.29) is 18.3 Å². The molecule has 0 spiro atoms. The summed E-state index contributed by atoms with van der Waals surface area (Å²) < 4.78 is 5.07. The van der Waals surface area contributed by atoms with Crippen molar-refractivity contribution in [2.24, 2.45) is 0 Å². The van der Waals surface area contributed by atoms with Gasteiger partial charge in [0, 0.05) is 19.2 Å². The van der Waals surface area contributed by atoms with E-state index in [1.54, 1.807) is 7.11 Å². The molecule has 0 atom stereocenters. The molecule has 0 unspecified atom stereocenters. The van der Waals surface area contributed by atoms with Gasteiger partial charge in [-0.2, -0.15) is 0 Å². The molecule has 0 saturated carbocycles. The normalized spacial score (nSPS) is 9.67. The summed E-state index contributed by atoms with van der Waals surface area (Å²) in [7, 11) is 3.53. The lowest BCUT2D eigenvalue weighted by atomic mass is 10.1. The number of hydrogen-bond acceptors (Lipinski definition) is 3. The summed E-state index contributed by atoms with van der Waals surface area (Å²) in [5.41, 5.74) is 1.61. The highest BCUT2D eigenvalue weighted by Crippen LogP contribution is 2.09. The van der Waals surface area contributed by atoms with Gasteiger partial charge < -0.3 is 15.4 Å². The van der Waals surface area contributed by atoms with E-state index in [4.69, 9.17) is 4.74 Å². The van der Waals surface area contributed by atoms with Crippen molar-refractivity contribution in [3.05, 3.63) is 35.4 Å². The first-order chi connectivity index (χ1) is 8.29. The fourth-order valence-electron chi connectivity index (χ4n) is 1.59. The lowest BCUT2D eigenvalue weighted by Crippen LogP contribution is -2.27. The first kappa shape index (κ1) is 16.9. The summed E-state index contributed by atoms with van der Waals surface area (Å²) in [4.78, 5) is 11.9. The van der Waals surface area contributed by atoms with Gasteiger partial charge in [-0.1, -0.05) is 18.2 Å². The minimum absolute atomic E-state index is 0. The molecule has 4 nitrogen and oxygen atoms in total. The molecular weight excluding hydrogens is 252 g/mol. The van der Waals surface area contributed by atoms with Crippen LogP contribution in [0, 0.1) is 0 Å². The van der Waals surface area contributed by atoms with E-state index in [1.165, 1.54) is 0 Å². The predicted molar refractivity (Wildman–Crippen MR) is 75.3 cm³/mol. The zero-order chi connectivity index (χ0) is 12.5. The highest BCUT2D eigenvalue weighted by molar-refractivity contribution is 5.95. The molecule has 0 aromatic heterocycles. The van der Waals surface area contributed by atoms with Crippen molar-refractivity contribution in [3.8, 4) is 0 Å². The summed E-state index contributed by atoms with van der Waals surface area (Å²) in [6.07, 6.45) is 0.925. The minimum Gasteiger partial charge on any atom is -0.380 e. The second-order valence-electron chi connectivity index (χ2n) is 3.80. The second-order valence-corrected chi connectivity index (χ2v) is 3.80. The van der Waals surface area contributed by atoms with Crippen LogP contribution >= 0.6 is 12.4 Å². The predicted octanol–water partition coefficient (Wildman–Crippen LogP) is 1.59. The Morgan fingerprint density at radius 3 is 2.67 bits per heavy atom. The molecule has 0 heterocycles. The molecule has 18 heavy (non-hydrogen) atoms. The molecular formula is C13H21ClN2O2. The number of benzene rings is 1. The van der Waals surface area contributed by atoms with Gasteiger partial charge in [-0.3, -0.25) is 4.79 Å². The molecule has 1 rings (SSSR count). The molecule has 0 bridgehead atoms. The van der Waals surface area contributed by atoms with Gasteiger partial charge in [0.1, 0.15) is 0 Å². The number of halogens is 1. The maximum atomic E-state index is 11.9. The van der Waals surface area contributed by atoms with E-state index in [2.05, 4.69) is 10.6 Å². The van der Waals surface area contributed by atoms with Gasteiger partial charge in [0.2, 0.25) is 0 Å². The standard InChI is InChI=1S/C13H20N2O2.ClH/c1-14-8-5-9-15-13(16)12-7-4-3-6-11(12)10-17-2;/h3-4,6-7,14H,5,8-10H2,1-2H3,(H,15,16);1H. The van der Waals surface area contributed by atoms with Crippen molar-refractivity contribution < 1.29 is 9.53 Å². The molecule has 0 aliphatic rings. The molecule has 0 radical (unpaired) electrons. The van der Waals surface area contributed by atoms with Crippen molar-refractivity contribution in [2.45, 2.75) is 13.0 Å². The Hall–Kier alpha value is -1.10. The molecule has 1 aromatic rings. The second kappa shape index (κ2) is 9.88. The van der Waals surface area contributed by atoms with Crippen LogP contribution in [0.2, 0.25) is 0 Å². The van der Waals surface area contributed by atoms with Crippen LogP contribution in [0.15, 0.2) is 24.3 Å². The average molecular weight is 273 g/mol. The van der Waals surface area contributed by atoms with E-state index >= 15 is 0 Å². The van der Waals surface area contributed by atoms with E-state index in [9.17, 15) is 4.79 Å². The fraction of sp³-hybridized carbons (Fsp3) is 0.462. The third-order valence-corrected chi connectivity index (χ3v) is 2.45. The zero-order valence-electron chi connectivity index (χ0n) is 10.9. The van der Waals surface area contributed by atoms with Crippen LogP contribution in [0.5, 0.6) is 0 Å². The first-order valence-electron chi connectivity index (χ1n) is 5.79. The molecule has 5 heteroatoms. The van der Waals surface area contributed by atoms with E-state index in [0.717, 1.165) is 18.5 Å². The van der Waals surface area contributed by atoms with Gasteiger partial charge in [0.05, 0.1) is 6.61 Å². The average Bonchev–Trinajstić information content (AvgIpc) is 2.35. The number of carbonyl (C=O) groups is 1. The van der Waals surface area contributed by atoms with Gasteiger partial charge in [0.15, 0.2) is 0 Å². The van der Waals surface area contributed by atoms with E-state index in [0.29, 0.717) is 18.7 Å². The van der Waals surface area contributed by atoms with Crippen molar-refractivity contribution in [1.82, 2.24) is 10.6 Å². The Labute approximate surface area is 115 Å². The number of ether oxygens (including phenoxy) is 1. The number of rotatable bonds is 7. The third-order valence-electron chi connectivity index (χ3n) is 2.45. The quantitative estimate of drug-likeness (QED) is 0.741. The van der Waals surface area contributed by atoms with Crippen LogP contribution < -0.4 is 10.6 Å². The van der Waals surface area contributed by atoms with Gasteiger partial charge in [-0.25, -0.2) is 0 Å². The number of nitrogens with one attached hydrogen (secondary N) is 2. The van der Waals surface area contributed by atoms with E-state index in [1.807, 2.05) is 31.3 Å². The highest BCUT2D eigenvalue weighted by atomic mass is 35.5. The van der Waals surface area contributed by atoms with Crippen molar-refractivity contribution in [3.63, 3.8) is 0 Å². The van der Waals surface area contributed by atoms with Crippen LogP contribution in [0.1, 0.15) is 22.3 Å². The SMILES string of the molecule is CNCCCNC(=O)c1ccccc1COC.Cl.